The van der Waals surface area contributed by atoms with Crippen molar-refractivity contribution in [1.82, 2.24) is 5.32 Å². The minimum Gasteiger partial charge on any atom is -0.492 e. The molecule has 0 spiro atoms. The van der Waals surface area contributed by atoms with Crippen molar-refractivity contribution in [3.8, 4) is 5.75 Å². The smallest absolute Gasteiger partial charge is 0.122 e. The third-order valence-electron chi connectivity index (χ3n) is 2.77. The molecule has 0 aliphatic carbocycles. The molecule has 1 saturated heterocycles. The highest BCUT2D eigenvalue weighted by atomic mass is 32.2. The van der Waals surface area contributed by atoms with Crippen LogP contribution in [-0.2, 0) is 0 Å². The predicted molar refractivity (Wildman–Crippen MR) is 70.5 cm³/mol. The first kappa shape index (κ1) is 11.8. The lowest BCUT2D eigenvalue weighted by atomic mass is 10.1. The van der Waals surface area contributed by atoms with Crippen molar-refractivity contribution in [3.05, 3.63) is 29.3 Å². The van der Waals surface area contributed by atoms with Crippen molar-refractivity contribution in [2.24, 2.45) is 0 Å². The first-order chi connectivity index (χ1) is 7.75. The normalized spacial score (nSPS) is 20.8. The van der Waals surface area contributed by atoms with Gasteiger partial charge in [-0.3, -0.25) is 0 Å². The van der Waals surface area contributed by atoms with E-state index in [4.69, 9.17) is 4.74 Å². The van der Waals surface area contributed by atoms with Crippen LogP contribution in [0.5, 0.6) is 5.75 Å². The highest BCUT2D eigenvalue weighted by Gasteiger charge is 2.13. The molecular formula is C13H19NOS. The maximum Gasteiger partial charge on any atom is 0.122 e. The van der Waals surface area contributed by atoms with E-state index in [1.54, 1.807) is 0 Å². The summed E-state index contributed by atoms with van der Waals surface area (Å²) < 4.78 is 5.86. The number of hydrogen-bond donors (Lipinski definition) is 1. The molecule has 0 radical (unpaired) electrons. The Labute approximate surface area is 102 Å². The van der Waals surface area contributed by atoms with Gasteiger partial charge in [0.25, 0.3) is 0 Å². The number of nitrogens with one attached hydrogen (secondary N) is 1. The maximum absolute atomic E-state index is 5.86. The summed E-state index contributed by atoms with van der Waals surface area (Å²) in [5.74, 6) is 3.40. The van der Waals surface area contributed by atoms with Gasteiger partial charge in [-0.05, 0) is 25.5 Å². The Bertz CT molecular complexity index is 348. The highest BCUT2D eigenvalue weighted by molar-refractivity contribution is 7.99. The van der Waals surface area contributed by atoms with Crippen molar-refractivity contribution in [2.45, 2.75) is 19.9 Å². The summed E-state index contributed by atoms with van der Waals surface area (Å²) in [6.07, 6.45) is 0. The molecule has 1 aromatic carbocycles. The van der Waals surface area contributed by atoms with Crippen LogP contribution in [0, 0.1) is 13.8 Å². The van der Waals surface area contributed by atoms with Gasteiger partial charge in [0.05, 0.1) is 6.04 Å². The van der Waals surface area contributed by atoms with Crippen molar-refractivity contribution in [1.29, 1.82) is 0 Å². The minimum absolute atomic E-state index is 0.499. The molecule has 0 amide bonds. The molecule has 0 bridgehead atoms. The molecule has 0 saturated carbocycles. The summed E-state index contributed by atoms with van der Waals surface area (Å²) in [5, 5.41) is 3.47. The number of hydrogen-bond acceptors (Lipinski definition) is 3. The molecular weight excluding hydrogens is 218 g/mol. The third-order valence-corrected chi connectivity index (χ3v) is 3.90. The Hall–Kier alpha value is -0.670. The molecule has 2 rings (SSSR count). The molecule has 0 aromatic heterocycles. The van der Waals surface area contributed by atoms with E-state index in [9.17, 15) is 0 Å². The summed E-state index contributed by atoms with van der Waals surface area (Å²) in [6, 6.07) is 6.84. The van der Waals surface area contributed by atoms with Gasteiger partial charge in [0.15, 0.2) is 0 Å². The summed E-state index contributed by atoms with van der Waals surface area (Å²) in [4.78, 5) is 0. The highest BCUT2D eigenvalue weighted by Crippen LogP contribution is 2.19. The van der Waals surface area contributed by atoms with E-state index in [-0.39, 0.29) is 0 Å². The maximum atomic E-state index is 5.86. The van der Waals surface area contributed by atoms with E-state index in [1.165, 1.54) is 16.9 Å². The Morgan fingerprint density at radius 3 is 3.00 bits per heavy atom. The molecule has 1 fully saturated rings. The van der Waals surface area contributed by atoms with Gasteiger partial charge in [-0.1, -0.05) is 17.7 Å². The second-order valence-corrected chi connectivity index (χ2v) is 5.46. The number of rotatable bonds is 3. The fourth-order valence-electron chi connectivity index (χ4n) is 1.88. The van der Waals surface area contributed by atoms with Gasteiger partial charge >= 0.3 is 0 Å². The Kier molecular flexibility index (Phi) is 4.13. The fraction of sp³-hybridized carbons (Fsp3) is 0.538. The molecule has 88 valence electrons. The Morgan fingerprint density at radius 1 is 1.44 bits per heavy atom. The second-order valence-electron chi connectivity index (χ2n) is 4.31. The van der Waals surface area contributed by atoms with Crippen molar-refractivity contribution >= 4 is 11.8 Å². The van der Waals surface area contributed by atoms with Crippen LogP contribution in [0.4, 0.5) is 0 Å². The third kappa shape index (κ3) is 3.16. The topological polar surface area (TPSA) is 21.3 Å². The van der Waals surface area contributed by atoms with E-state index in [0.717, 1.165) is 24.7 Å². The molecule has 16 heavy (non-hydrogen) atoms. The van der Waals surface area contributed by atoms with Crippen LogP contribution in [0.3, 0.4) is 0 Å². The van der Waals surface area contributed by atoms with Crippen LogP contribution >= 0.6 is 11.8 Å². The molecule has 1 heterocycles. The molecule has 1 N–H and O–H groups in total. The molecule has 2 nitrogen and oxygen atoms in total. The molecule has 1 aromatic rings. The monoisotopic (exact) mass is 237 g/mol. The average molecular weight is 237 g/mol. The lowest BCUT2D eigenvalue weighted by Crippen LogP contribution is -2.41. The van der Waals surface area contributed by atoms with Crippen molar-refractivity contribution in [2.75, 3.05) is 24.7 Å². The van der Waals surface area contributed by atoms with Gasteiger partial charge in [0.1, 0.15) is 12.4 Å². The van der Waals surface area contributed by atoms with E-state index >= 15 is 0 Å². The number of benzene rings is 1. The number of aryl methyl sites for hydroxylation is 2. The predicted octanol–water partition coefficient (Wildman–Crippen LogP) is 2.39. The van der Waals surface area contributed by atoms with E-state index in [1.807, 2.05) is 11.8 Å². The fourth-order valence-corrected chi connectivity index (χ4v) is 2.81. The standard InChI is InChI=1S/C13H19NOS/c1-10-3-4-13(11(2)7-10)15-8-12-9-16-6-5-14-12/h3-4,7,12,14H,5-6,8-9H2,1-2H3. The van der Waals surface area contributed by atoms with E-state index in [2.05, 4.69) is 37.4 Å². The summed E-state index contributed by atoms with van der Waals surface area (Å²) >= 11 is 2.00. The van der Waals surface area contributed by atoms with E-state index < -0.39 is 0 Å². The lowest BCUT2D eigenvalue weighted by Gasteiger charge is -2.23. The van der Waals surface area contributed by atoms with Crippen molar-refractivity contribution < 1.29 is 4.74 Å². The molecule has 3 heteroatoms. The van der Waals surface area contributed by atoms with Crippen LogP contribution in [0.15, 0.2) is 18.2 Å². The van der Waals surface area contributed by atoms with Crippen LogP contribution in [0.25, 0.3) is 0 Å². The van der Waals surface area contributed by atoms with Crippen molar-refractivity contribution in [3.63, 3.8) is 0 Å². The van der Waals surface area contributed by atoms with Gasteiger partial charge in [0.2, 0.25) is 0 Å². The van der Waals surface area contributed by atoms with Crippen LogP contribution in [0.1, 0.15) is 11.1 Å². The SMILES string of the molecule is Cc1ccc(OCC2CSCCN2)c(C)c1. The molecule has 1 aliphatic rings. The van der Waals surface area contributed by atoms with Gasteiger partial charge in [-0.2, -0.15) is 11.8 Å². The summed E-state index contributed by atoms with van der Waals surface area (Å²) in [6.45, 7) is 6.09. The van der Waals surface area contributed by atoms with Crippen LogP contribution in [0.2, 0.25) is 0 Å². The minimum atomic E-state index is 0.499. The second kappa shape index (κ2) is 5.60. The summed E-state index contributed by atoms with van der Waals surface area (Å²) in [7, 11) is 0. The zero-order valence-corrected chi connectivity index (χ0v) is 10.8. The zero-order chi connectivity index (χ0) is 11.4. The molecule has 1 aliphatic heterocycles. The van der Waals surface area contributed by atoms with Gasteiger partial charge in [0, 0.05) is 18.1 Å². The van der Waals surface area contributed by atoms with Gasteiger partial charge in [-0.25, -0.2) is 0 Å². The average Bonchev–Trinajstić information content (AvgIpc) is 2.29. The Balaban J connectivity index is 1.88. The number of ether oxygens (including phenoxy) is 1. The number of thioether (sulfide) groups is 1. The van der Waals surface area contributed by atoms with Gasteiger partial charge < -0.3 is 10.1 Å². The Morgan fingerprint density at radius 2 is 2.31 bits per heavy atom. The first-order valence-electron chi connectivity index (χ1n) is 5.77. The van der Waals surface area contributed by atoms with Gasteiger partial charge in [-0.15, -0.1) is 0 Å². The van der Waals surface area contributed by atoms with Crippen LogP contribution in [-0.4, -0.2) is 30.7 Å². The zero-order valence-electron chi connectivity index (χ0n) is 9.95. The first-order valence-corrected chi connectivity index (χ1v) is 6.92. The quantitative estimate of drug-likeness (QED) is 0.872. The summed E-state index contributed by atoms with van der Waals surface area (Å²) in [5.41, 5.74) is 2.51. The van der Waals surface area contributed by atoms with Crippen LogP contribution < -0.4 is 10.1 Å². The van der Waals surface area contributed by atoms with E-state index in [0.29, 0.717) is 6.04 Å². The lowest BCUT2D eigenvalue weighted by molar-refractivity contribution is 0.274. The molecule has 1 atom stereocenters. The largest absolute Gasteiger partial charge is 0.492 e. The molecule has 1 unspecified atom stereocenters.